The van der Waals surface area contributed by atoms with Gasteiger partial charge in [0.15, 0.2) is 17.5 Å². The van der Waals surface area contributed by atoms with Crippen LogP contribution >= 0.6 is 11.6 Å². The van der Waals surface area contributed by atoms with Crippen molar-refractivity contribution in [3.05, 3.63) is 193 Å². The maximum Gasteiger partial charge on any atom is 0.164 e. The topological polar surface area (TPSA) is 51.6 Å². The predicted octanol–water partition coefficient (Wildman–Crippen LogP) is 12.7. The number of aromatic nitrogens is 4. The first-order chi connectivity index (χ1) is 26.2. The maximum atomic E-state index is 6.55. The first-order valence-electron chi connectivity index (χ1n) is 17.5. The molecule has 7 aromatic carbocycles. The lowest BCUT2D eigenvalue weighted by Crippen LogP contribution is -2.00. The number of pyridine rings is 1. The molecular formula is C48H31ClN4. The van der Waals surface area contributed by atoms with Gasteiger partial charge >= 0.3 is 0 Å². The average molecular weight is 699 g/mol. The molecule has 0 fully saturated rings. The Morgan fingerprint density at radius 2 is 0.755 bits per heavy atom. The van der Waals surface area contributed by atoms with E-state index in [1.807, 2.05) is 18.2 Å². The molecule has 250 valence electrons. The van der Waals surface area contributed by atoms with Gasteiger partial charge in [0.25, 0.3) is 0 Å². The van der Waals surface area contributed by atoms with Crippen molar-refractivity contribution >= 4 is 22.4 Å². The van der Waals surface area contributed by atoms with Gasteiger partial charge in [0.05, 0.1) is 10.7 Å². The van der Waals surface area contributed by atoms with E-state index in [1.54, 1.807) is 6.20 Å². The normalized spacial score (nSPS) is 11.1. The number of nitrogens with zero attached hydrogens (tertiary/aromatic N) is 4. The summed E-state index contributed by atoms with van der Waals surface area (Å²) in [5.41, 5.74) is 11.2. The molecular weight excluding hydrogens is 668 g/mol. The van der Waals surface area contributed by atoms with Gasteiger partial charge < -0.3 is 0 Å². The summed E-state index contributed by atoms with van der Waals surface area (Å²) in [5, 5.41) is 2.88. The van der Waals surface area contributed by atoms with E-state index in [1.165, 1.54) is 0 Å². The minimum absolute atomic E-state index is 0.580. The van der Waals surface area contributed by atoms with Gasteiger partial charge in [-0.3, -0.25) is 4.98 Å². The quantitative estimate of drug-likeness (QED) is 0.166. The number of rotatable bonds is 7. The standard InChI is InChI=1S/C48H31ClN4/c49-41-30-44(45(50-31-41)43-17-9-15-36-14-7-8-16-42(36)43)37-22-28-40(29-23-37)48-52-46(38-24-18-34(19-25-38)32-10-3-1-4-11-32)51-47(53-48)39-26-20-35(21-27-39)33-12-5-2-6-13-33/h1-31H. The Bertz CT molecular complexity index is 2590. The Kier molecular flexibility index (Phi) is 8.56. The van der Waals surface area contributed by atoms with E-state index in [-0.39, 0.29) is 0 Å². The predicted molar refractivity (Wildman–Crippen MR) is 218 cm³/mol. The summed E-state index contributed by atoms with van der Waals surface area (Å²) in [6, 6.07) is 62.4. The number of halogens is 1. The highest BCUT2D eigenvalue weighted by molar-refractivity contribution is 6.30. The molecule has 2 aromatic heterocycles. The van der Waals surface area contributed by atoms with Crippen LogP contribution in [0.3, 0.4) is 0 Å². The van der Waals surface area contributed by atoms with E-state index in [0.29, 0.717) is 22.5 Å². The average Bonchev–Trinajstić information content (AvgIpc) is 3.24. The molecule has 0 aliphatic rings. The van der Waals surface area contributed by atoms with E-state index in [2.05, 4.69) is 164 Å². The lowest BCUT2D eigenvalue weighted by Gasteiger charge is -2.13. The molecule has 0 aliphatic carbocycles. The molecule has 0 aliphatic heterocycles. The smallest absolute Gasteiger partial charge is 0.164 e. The van der Waals surface area contributed by atoms with Crippen molar-refractivity contribution in [1.82, 2.24) is 19.9 Å². The molecule has 0 unspecified atom stereocenters. The Morgan fingerprint density at radius 3 is 1.28 bits per heavy atom. The summed E-state index contributed by atoms with van der Waals surface area (Å²) >= 11 is 6.55. The van der Waals surface area contributed by atoms with Crippen LogP contribution in [0.1, 0.15) is 0 Å². The minimum atomic E-state index is 0.580. The highest BCUT2D eigenvalue weighted by atomic mass is 35.5. The van der Waals surface area contributed by atoms with Crippen molar-refractivity contribution in [3.8, 4) is 78.8 Å². The molecule has 5 heteroatoms. The van der Waals surface area contributed by atoms with Crippen LogP contribution in [-0.2, 0) is 0 Å². The Labute approximate surface area is 313 Å². The third-order valence-corrected chi connectivity index (χ3v) is 9.70. The summed E-state index contributed by atoms with van der Waals surface area (Å²) in [7, 11) is 0. The summed E-state index contributed by atoms with van der Waals surface area (Å²) in [5.74, 6) is 1.81. The van der Waals surface area contributed by atoms with Crippen molar-refractivity contribution in [2.24, 2.45) is 0 Å². The Balaban J connectivity index is 1.12. The SMILES string of the molecule is Clc1cnc(-c2cccc3ccccc23)c(-c2ccc(-c3nc(-c4ccc(-c5ccccc5)cc4)nc(-c4ccc(-c5ccccc5)cc4)n3)cc2)c1. The third-order valence-electron chi connectivity index (χ3n) is 9.49. The zero-order valence-electron chi connectivity index (χ0n) is 28.6. The van der Waals surface area contributed by atoms with E-state index >= 15 is 0 Å². The van der Waals surface area contributed by atoms with Crippen LogP contribution in [0.15, 0.2) is 188 Å². The Hall–Kier alpha value is -6.75. The van der Waals surface area contributed by atoms with E-state index < -0.39 is 0 Å². The van der Waals surface area contributed by atoms with E-state index in [4.69, 9.17) is 31.5 Å². The van der Waals surface area contributed by atoms with Gasteiger partial charge in [-0.25, -0.2) is 15.0 Å². The van der Waals surface area contributed by atoms with E-state index in [0.717, 1.165) is 72.1 Å². The molecule has 9 rings (SSSR count). The third kappa shape index (κ3) is 6.60. The number of hydrogen-bond donors (Lipinski definition) is 0. The fraction of sp³-hybridized carbons (Fsp3) is 0. The van der Waals surface area contributed by atoms with Gasteiger partial charge in [-0.15, -0.1) is 0 Å². The van der Waals surface area contributed by atoms with Gasteiger partial charge in [-0.1, -0.05) is 188 Å². The molecule has 2 heterocycles. The second-order valence-corrected chi connectivity index (χ2v) is 13.3. The first kappa shape index (κ1) is 32.2. The van der Waals surface area contributed by atoms with Gasteiger partial charge in [0.1, 0.15) is 0 Å². The molecule has 0 bridgehead atoms. The Morgan fingerprint density at radius 1 is 0.340 bits per heavy atom. The summed E-state index contributed by atoms with van der Waals surface area (Å²) in [4.78, 5) is 19.9. The van der Waals surface area contributed by atoms with Crippen LogP contribution in [0, 0.1) is 0 Å². The zero-order valence-corrected chi connectivity index (χ0v) is 29.3. The summed E-state index contributed by atoms with van der Waals surface area (Å²) < 4.78 is 0. The molecule has 0 N–H and O–H groups in total. The van der Waals surface area contributed by atoms with Crippen molar-refractivity contribution in [1.29, 1.82) is 0 Å². The minimum Gasteiger partial charge on any atom is -0.254 e. The highest BCUT2D eigenvalue weighted by Crippen LogP contribution is 2.37. The molecule has 53 heavy (non-hydrogen) atoms. The second-order valence-electron chi connectivity index (χ2n) is 12.8. The molecule has 0 spiro atoms. The van der Waals surface area contributed by atoms with Crippen LogP contribution in [0.5, 0.6) is 0 Å². The fourth-order valence-electron chi connectivity index (χ4n) is 6.75. The maximum absolute atomic E-state index is 6.55. The van der Waals surface area contributed by atoms with Crippen molar-refractivity contribution in [3.63, 3.8) is 0 Å². The number of fused-ring (bicyclic) bond motifs is 1. The van der Waals surface area contributed by atoms with Crippen molar-refractivity contribution in [2.75, 3.05) is 0 Å². The largest absolute Gasteiger partial charge is 0.254 e. The molecule has 0 saturated carbocycles. The highest BCUT2D eigenvalue weighted by Gasteiger charge is 2.16. The zero-order chi connectivity index (χ0) is 35.6. The van der Waals surface area contributed by atoms with Gasteiger partial charge in [0.2, 0.25) is 0 Å². The van der Waals surface area contributed by atoms with E-state index in [9.17, 15) is 0 Å². The summed E-state index contributed by atoms with van der Waals surface area (Å²) in [6.07, 6.45) is 1.71. The monoisotopic (exact) mass is 698 g/mol. The van der Waals surface area contributed by atoms with Gasteiger partial charge in [0, 0.05) is 34.0 Å². The van der Waals surface area contributed by atoms with Crippen LogP contribution in [0.2, 0.25) is 5.02 Å². The molecule has 4 nitrogen and oxygen atoms in total. The second kappa shape index (κ2) is 14.1. The van der Waals surface area contributed by atoms with Crippen LogP contribution in [0.25, 0.3) is 89.6 Å². The molecule has 0 atom stereocenters. The van der Waals surface area contributed by atoms with Crippen molar-refractivity contribution < 1.29 is 0 Å². The van der Waals surface area contributed by atoms with Crippen LogP contribution in [-0.4, -0.2) is 19.9 Å². The van der Waals surface area contributed by atoms with Gasteiger partial charge in [-0.2, -0.15) is 0 Å². The number of benzene rings is 7. The lowest BCUT2D eigenvalue weighted by atomic mass is 9.95. The lowest BCUT2D eigenvalue weighted by molar-refractivity contribution is 1.07. The molecule has 0 saturated heterocycles. The van der Waals surface area contributed by atoms with Crippen molar-refractivity contribution in [2.45, 2.75) is 0 Å². The van der Waals surface area contributed by atoms with Gasteiger partial charge in [-0.05, 0) is 44.7 Å². The first-order valence-corrected chi connectivity index (χ1v) is 17.9. The number of hydrogen-bond acceptors (Lipinski definition) is 4. The summed E-state index contributed by atoms with van der Waals surface area (Å²) in [6.45, 7) is 0. The van der Waals surface area contributed by atoms with Crippen LogP contribution < -0.4 is 0 Å². The van der Waals surface area contributed by atoms with Crippen LogP contribution in [0.4, 0.5) is 0 Å². The molecule has 0 radical (unpaired) electrons. The fourth-order valence-corrected chi connectivity index (χ4v) is 6.91. The molecule has 9 aromatic rings. The molecule has 0 amide bonds.